The van der Waals surface area contributed by atoms with Gasteiger partial charge in [0.15, 0.2) is 0 Å². The predicted octanol–water partition coefficient (Wildman–Crippen LogP) is 4.49. The van der Waals surface area contributed by atoms with Crippen molar-refractivity contribution < 1.29 is 24.2 Å². The number of likely N-dealkylation sites (tertiary alicyclic amines) is 1. The molecule has 0 saturated carbocycles. The molecule has 1 aliphatic carbocycles. The van der Waals surface area contributed by atoms with Gasteiger partial charge in [-0.3, -0.25) is 14.6 Å². The summed E-state index contributed by atoms with van der Waals surface area (Å²) in [5.41, 5.74) is 2.76. The number of carboxylic acid groups (broad SMARTS) is 1. The van der Waals surface area contributed by atoms with Crippen LogP contribution in [0.15, 0.2) is 47.7 Å². The average molecular weight is 457 g/mol. The van der Waals surface area contributed by atoms with E-state index in [2.05, 4.69) is 24.0 Å². The molecule has 180 valence electrons. The monoisotopic (exact) mass is 456 g/mol. The van der Waals surface area contributed by atoms with E-state index < -0.39 is 12.1 Å². The van der Waals surface area contributed by atoms with Crippen molar-refractivity contribution >= 4 is 17.7 Å². The summed E-state index contributed by atoms with van der Waals surface area (Å²) in [6, 6.07) is 7.10. The van der Waals surface area contributed by atoms with Gasteiger partial charge in [0.2, 0.25) is 0 Å². The summed E-state index contributed by atoms with van der Waals surface area (Å²) in [5.74, 6) is 1.05. The fraction of sp³-hybridized carbons (Fsp3) is 0.538. The van der Waals surface area contributed by atoms with Crippen LogP contribution in [0.2, 0.25) is 0 Å². The Morgan fingerprint density at radius 1 is 1.18 bits per heavy atom. The zero-order chi connectivity index (χ0) is 23.8. The van der Waals surface area contributed by atoms with Crippen LogP contribution in [-0.2, 0) is 20.7 Å². The van der Waals surface area contributed by atoms with Gasteiger partial charge in [0, 0.05) is 24.7 Å². The standard InChI is InChI=1S/C26H36N2O5/c1-4-33-24-15-22(6-5-19(24)2)17-27-13-11-21(12-14-27)18-28(26(31)32-3)23-9-7-20(8-10-23)16-25(29)30/h6-10,15,19,21H,4-5,11-14,16-18H2,1-3H3,(H,29,30). The number of aliphatic carboxylic acids is 1. The lowest BCUT2D eigenvalue weighted by atomic mass is 9.93. The molecule has 1 N–H and O–H groups in total. The normalized spacial score (nSPS) is 19.4. The van der Waals surface area contributed by atoms with E-state index in [9.17, 15) is 9.59 Å². The van der Waals surface area contributed by atoms with Crippen molar-refractivity contribution in [3.63, 3.8) is 0 Å². The number of hydrogen-bond donors (Lipinski definition) is 1. The second kappa shape index (κ2) is 11.9. The Kier molecular flexibility index (Phi) is 8.95. The summed E-state index contributed by atoms with van der Waals surface area (Å²) in [6.45, 7) is 8.43. The van der Waals surface area contributed by atoms with Crippen LogP contribution in [0.25, 0.3) is 0 Å². The Hall–Kier alpha value is -2.80. The van der Waals surface area contributed by atoms with E-state index >= 15 is 0 Å². The Morgan fingerprint density at radius 2 is 1.88 bits per heavy atom. The number of carbonyl (C=O) groups excluding carboxylic acids is 1. The van der Waals surface area contributed by atoms with Gasteiger partial charge < -0.3 is 14.6 Å². The highest BCUT2D eigenvalue weighted by Crippen LogP contribution is 2.27. The molecule has 3 rings (SSSR count). The van der Waals surface area contributed by atoms with Crippen molar-refractivity contribution in [3.8, 4) is 0 Å². The first-order valence-electron chi connectivity index (χ1n) is 11.8. The number of nitrogens with zero attached hydrogens (tertiary/aromatic N) is 2. The summed E-state index contributed by atoms with van der Waals surface area (Å²) in [7, 11) is 1.39. The van der Waals surface area contributed by atoms with Crippen LogP contribution in [0.1, 0.15) is 38.7 Å². The number of hydrogen-bond acceptors (Lipinski definition) is 5. The van der Waals surface area contributed by atoms with Crippen LogP contribution in [0.3, 0.4) is 0 Å². The average Bonchev–Trinajstić information content (AvgIpc) is 2.81. The van der Waals surface area contributed by atoms with E-state index in [1.165, 1.54) is 12.7 Å². The summed E-state index contributed by atoms with van der Waals surface area (Å²) in [5, 5.41) is 8.96. The molecule has 0 spiro atoms. The number of rotatable bonds is 9. The smallest absolute Gasteiger partial charge is 0.414 e. The van der Waals surface area contributed by atoms with Crippen molar-refractivity contribution in [1.82, 2.24) is 4.90 Å². The third kappa shape index (κ3) is 7.09. The van der Waals surface area contributed by atoms with Crippen molar-refractivity contribution in [2.45, 2.75) is 39.5 Å². The van der Waals surface area contributed by atoms with Gasteiger partial charge in [0.1, 0.15) is 0 Å². The van der Waals surface area contributed by atoms with Crippen LogP contribution in [0, 0.1) is 11.8 Å². The van der Waals surface area contributed by atoms with Gasteiger partial charge in [0.25, 0.3) is 0 Å². The van der Waals surface area contributed by atoms with Gasteiger partial charge in [-0.05, 0) is 74.5 Å². The van der Waals surface area contributed by atoms with E-state index in [0.717, 1.165) is 50.3 Å². The molecule has 1 atom stereocenters. The second-order valence-electron chi connectivity index (χ2n) is 8.93. The molecule has 2 aliphatic rings. The number of carbonyl (C=O) groups is 2. The van der Waals surface area contributed by atoms with Crippen LogP contribution in [0.4, 0.5) is 10.5 Å². The minimum absolute atomic E-state index is 0.0342. The van der Waals surface area contributed by atoms with Crippen molar-refractivity contribution in [3.05, 3.63) is 53.3 Å². The topological polar surface area (TPSA) is 79.3 Å². The maximum absolute atomic E-state index is 12.5. The van der Waals surface area contributed by atoms with Crippen LogP contribution < -0.4 is 4.90 Å². The molecule has 0 bridgehead atoms. The molecule has 1 heterocycles. The first-order valence-corrected chi connectivity index (χ1v) is 11.8. The Labute approximate surface area is 196 Å². The maximum Gasteiger partial charge on any atom is 0.414 e. The fourth-order valence-electron chi connectivity index (χ4n) is 4.50. The molecule has 1 amide bonds. The third-order valence-corrected chi connectivity index (χ3v) is 6.41. The molecule has 1 aromatic rings. The highest BCUT2D eigenvalue weighted by atomic mass is 16.5. The first kappa shape index (κ1) is 24.8. The minimum atomic E-state index is -0.873. The molecule has 1 fully saturated rings. The molecule has 7 heteroatoms. The highest BCUT2D eigenvalue weighted by molar-refractivity contribution is 5.87. The van der Waals surface area contributed by atoms with Crippen molar-refractivity contribution in [1.29, 1.82) is 0 Å². The number of amides is 1. The van der Waals surface area contributed by atoms with E-state index in [0.29, 0.717) is 30.6 Å². The van der Waals surface area contributed by atoms with Crippen LogP contribution in [0.5, 0.6) is 0 Å². The minimum Gasteiger partial charge on any atom is -0.498 e. The van der Waals surface area contributed by atoms with E-state index in [4.69, 9.17) is 14.6 Å². The molecule has 0 aromatic heterocycles. The van der Waals surface area contributed by atoms with Crippen molar-refractivity contribution in [2.75, 3.05) is 44.8 Å². The highest BCUT2D eigenvalue weighted by Gasteiger charge is 2.26. The molecular weight excluding hydrogens is 420 g/mol. The van der Waals surface area contributed by atoms with Gasteiger partial charge in [-0.25, -0.2) is 4.79 Å². The van der Waals surface area contributed by atoms with E-state index in [1.807, 2.05) is 6.92 Å². The molecule has 1 unspecified atom stereocenters. The first-order chi connectivity index (χ1) is 15.9. The van der Waals surface area contributed by atoms with E-state index in [-0.39, 0.29) is 6.42 Å². The number of carboxylic acids is 1. The molecule has 33 heavy (non-hydrogen) atoms. The Bertz CT molecular complexity index is 869. The predicted molar refractivity (Wildman–Crippen MR) is 128 cm³/mol. The van der Waals surface area contributed by atoms with Crippen molar-refractivity contribution in [2.24, 2.45) is 11.8 Å². The Morgan fingerprint density at radius 3 is 2.48 bits per heavy atom. The number of benzene rings is 1. The summed E-state index contributed by atoms with van der Waals surface area (Å²) < 4.78 is 10.8. The molecule has 0 radical (unpaired) electrons. The zero-order valence-electron chi connectivity index (χ0n) is 20.0. The quantitative estimate of drug-likeness (QED) is 0.590. The number of methoxy groups -OCH3 is 1. The summed E-state index contributed by atoms with van der Waals surface area (Å²) in [4.78, 5) is 27.5. The lowest BCUT2D eigenvalue weighted by molar-refractivity contribution is -0.136. The van der Waals surface area contributed by atoms with E-state index in [1.54, 1.807) is 29.2 Å². The van der Waals surface area contributed by atoms with Crippen LogP contribution in [-0.4, -0.2) is 62.0 Å². The number of ether oxygens (including phenoxy) is 2. The molecular formula is C26H36N2O5. The second-order valence-corrected chi connectivity index (χ2v) is 8.93. The zero-order valence-corrected chi connectivity index (χ0v) is 20.0. The maximum atomic E-state index is 12.5. The summed E-state index contributed by atoms with van der Waals surface area (Å²) in [6.07, 6.45) is 7.15. The lowest BCUT2D eigenvalue weighted by Gasteiger charge is -2.35. The molecule has 1 saturated heterocycles. The molecule has 1 aliphatic heterocycles. The van der Waals surface area contributed by atoms with Gasteiger partial charge >= 0.3 is 12.1 Å². The van der Waals surface area contributed by atoms with Gasteiger partial charge in [0.05, 0.1) is 25.9 Å². The Balaban J connectivity index is 1.55. The molecule has 1 aromatic carbocycles. The number of allylic oxidation sites excluding steroid dienone is 2. The van der Waals surface area contributed by atoms with Gasteiger partial charge in [-0.15, -0.1) is 0 Å². The SMILES string of the molecule is CCOC1=CC(CN2CCC(CN(C(=O)OC)c3ccc(CC(=O)O)cc3)CC2)=CCC1C. The fourth-order valence-corrected chi connectivity index (χ4v) is 4.50. The third-order valence-electron chi connectivity index (χ3n) is 6.41. The number of piperidine rings is 1. The largest absolute Gasteiger partial charge is 0.498 e. The van der Waals surface area contributed by atoms with Gasteiger partial charge in [-0.2, -0.15) is 0 Å². The number of anilines is 1. The summed E-state index contributed by atoms with van der Waals surface area (Å²) >= 11 is 0. The molecule has 7 nitrogen and oxygen atoms in total. The van der Waals surface area contributed by atoms with Gasteiger partial charge in [-0.1, -0.05) is 25.1 Å². The lowest BCUT2D eigenvalue weighted by Crippen LogP contribution is -2.41. The van der Waals surface area contributed by atoms with Crippen LogP contribution >= 0.6 is 0 Å².